The van der Waals surface area contributed by atoms with E-state index >= 15 is 0 Å². The van der Waals surface area contributed by atoms with Crippen LogP contribution in [-0.4, -0.2) is 80.8 Å². The predicted molar refractivity (Wildman–Crippen MR) is 200 cm³/mol. The zero-order valence-electron chi connectivity index (χ0n) is 30.7. The Balaban J connectivity index is 0.981. The zero-order chi connectivity index (χ0) is 37.1. The number of pyridine rings is 1. The van der Waals surface area contributed by atoms with E-state index in [9.17, 15) is 14.0 Å². The largest absolute Gasteiger partial charge is 0.473 e. The predicted octanol–water partition coefficient (Wildman–Crippen LogP) is 7.56. The maximum absolute atomic E-state index is 14.2. The van der Waals surface area contributed by atoms with Gasteiger partial charge in [0.2, 0.25) is 11.8 Å². The quantitative estimate of drug-likeness (QED) is 0.177. The van der Waals surface area contributed by atoms with Crippen molar-refractivity contribution < 1.29 is 28.2 Å². The van der Waals surface area contributed by atoms with Crippen molar-refractivity contribution in [1.29, 1.82) is 0 Å². The van der Waals surface area contributed by atoms with E-state index in [1.165, 1.54) is 6.07 Å². The van der Waals surface area contributed by atoms with Gasteiger partial charge in [0, 0.05) is 53.6 Å². The molecule has 2 amide bonds. The summed E-state index contributed by atoms with van der Waals surface area (Å²) in [5.74, 6) is 0.916. The molecular formula is C40H48ClFN6O5. The molecule has 2 unspecified atom stereocenters. The molecule has 0 aliphatic carbocycles. The number of ether oxygens (including phenoxy) is 3. The third kappa shape index (κ3) is 9.28. The molecule has 11 nitrogen and oxygen atoms in total. The lowest BCUT2D eigenvalue weighted by atomic mass is 9.93. The van der Waals surface area contributed by atoms with Crippen molar-refractivity contribution in [1.82, 2.24) is 24.3 Å². The molecule has 7 rings (SSSR count). The molecule has 13 heteroatoms. The number of benzene rings is 2. The van der Waals surface area contributed by atoms with Crippen LogP contribution in [0.4, 0.5) is 14.9 Å². The van der Waals surface area contributed by atoms with Gasteiger partial charge in [0.05, 0.1) is 36.1 Å². The van der Waals surface area contributed by atoms with E-state index in [0.717, 1.165) is 74.5 Å². The number of rotatable bonds is 10. The monoisotopic (exact) mass is 746 g/mol. The number of likely N-dealkylation sites (tertiary alicyclic amines) is 2. The van der Waals surface area contributed by atoms with Crippen LogP contribution in [0, 0.1) is 11.7 Å². The van der Waals surface area contributed by atoms with E-state index in [2.05, 4.69) is 14.8 Å². The molecule has 0 saturated carbocycles. The van der Waals surface area contributed by atoms with Crippen molar-refractivity contribution >= 4 is 40.3 Å². The van der Waals surface area contributed by atoms with Gasteiger partial charge in [0.15, 0.2) is 0 Å². The van der Waals surface area contributed by atoms with Crippen LogP contribution < -0.4 is 10.1 Å². The molecule has 3 aliphatic heterocycles. The molecule has 2 atom stereocenters. The number of anilines is 1. The molecule has 3 saturated heterocycles. The second kappa shape index (κ2) is 16.0. The minimum absolute atomic E-state index is 0.0772. The number of amides is 2. The molecule has 0 radical (unpaired) electrons. The van der Waals surface area contributed by atoms with E-state index in [0.29, 0.717) is 48.2 Å². The third-order valence-electron chi connectivity index (χ3n) is 10.2. The highest BCUT2D eigenvalue weighted by Gasteiger charge is 2.32. The normalized spacial score (nSPS) is 19.9. The summed E-state index contributed by atoms with van der Waals surface area (Å²) in [5, 5.41) is 3.44. The number of nitrogens with zero attached hydrogens (tertiary/aromatic N) is 5. The maximum atomic E-state index is 14.2. The summed E-state index contributed by atoms with van der Waals surface area (Å²) in [6, 6.07) is 16.2. The molecule has 2 aromatic carbocycles. The highest BCUT2D eigenvalue weighted by molar-refractivity contribution is 6.30. The fraction of sp³-hybridized carbons (Fsp3) is 0.500. The summed E-state index contributed by atoms with van der Waals surface area (Å²) in [6.45, 7) is 10.5. The number of fused-ring (bicyclic) bond motifs is 1. The molecule has 5 heterocycles. The van der Waals surface area contributed by atoms with Gasteiger partial charge in [-0.05, 0) is 102 Å². The Morgan fingerprint density at radius 3 is 2.57 bits per heavy atom. The number of carbonyl (C=O) groups is 2. The van der Waals surface area contributed by atoms with Gasteiger partial charge >= 0.3 is 6.09 Å². The summed E-state index contributed by atoms with van der Waals surface area (Å²) in [4.78, 5) is 40.0. The van der Waals surface area contributed by atoms with Crippen LogP contribution >= 0.6 is 11.6 Å². The molecule has 3 aliphatic rings. The summed E-state index contributed by atoms with van der Waals surface area (Å²) >= 11 is 5.89. The van der Waals surface area contributed by atoms with Crippen LogP contribution in [0.5, 0.6) is 5.88 Å². The van der Waals surface area contributed by atoms with E-state index in [1.807, 2.05) is 51.1 Å². The van der Waals surface area contributed by atoms with Gasteiger partial charge in [-0.25, -0.2) is 19.2 Å². The first-order valence-electron chi connectivity index (χ1n) is 18.6. The Hall–Kier alpha value is -4.26. The van der Waals surface area contributed by atoms with Crippen molar-refractivity contribution in [3.63, 3.8) is 0 Å². The van der Waals surface area contributed by atoms with Crippen LogP contribution in [0.2, 0.25) is 5.02 Å². The number of piperidine rings is 2. The Labute approximate surface area is 314 Å². The van der Waals surface area contributed by atoms with Gasteiger partial charge in [-0.3, -0.25) is 9.69 Å². The molecule has 53 heavy (non-hydrogen) atoms. The number of aromatic nitrogens is 3. The average molecular weight is 747 g/mol. The molecule has 4 aromatic rings. The summed E-state index contributed by atoms with van der Waals surface area (Å²) in [6.07, 6.45) is 4.14. The van der Waals surface area contributed by atoms with Gasteiger partial charge < -0.3 is 29.0 Å². The summed E-state index contributed by atoms with van der Waals surface area (Å²) in [7, 11) is 0. The minimum atomic E-state index is -0.588. The lowest BCUT2D eigenvalue weighted by Gasteiger charge is -2.33. The van der Waals surface area contributed by atoms with Crippen LogP contribution in [0.25, 0.3) is 11.0 Å². The zero-order valence-corrected chi connectivity index (χ0v) is 31.4. The topological polar surface area (TPSA) is 111 Å². The first kappa shape index (κ1) is 37.1. The smallest absolute Gasteiger partial charge is 0.410 e. The van der Waals surface area contributed by atoms with E-state index in [4.69, 9.17) is 35.8 Å². The number of hydrogen-bond donors (Lipinski definition) is 1. The molecule has 282 valence electrons. The first-order chi connectivity index (χ1) is 25.5. The Morgan fingerprint density at radius 1 is 1.02 bits per heavy atom. The lowest BCUT2D eigenvalue weighted by Crippen LogP contribution is -2.45. The Bertz CT molecular complexity index is 1940. The van der Waals surface area contributed by atoms with Gasteiger partial charge in [0.1, 0.15) is 23.8 Å². The van der Waals surface area contributed by atoms with Gasteiger partial charge in [-0.2, -0.15) is 0 Å². The summed E-state index contributed by atoms with van der Waals surface area (Å²) in [5.41, 5.74) is 3.34. The molecule has 1 N–H and O–H groups in total. The molecule has 2 aromatic heterocycles. The van der Waals surface area contributed by atoms with Crippen LogP contribution in [0.1, 0.15) is 75.9 Å². The van der Waals surface area contributed by atoms with E-state index in [1.54, 1.807) is 23.1 Å². The second-order valence-electron chi connectivity index (χ2n) is 15.4. The fourth-order valence-electron chi connectivity index (χ4n) is 7.26. The van der Waals surface area contributed by atoms with Gasteiger partial charge in [0.25, 0.3) is 0 Å². The van der Waals surface area contributed by atoms with Crippen molar-refractivity contribution in [2.45, 2.75) is 90.2 Å². The van der Waals surface area contributed by atoms with Crippen molar-refractivity contribution in [2.75, 3.05) is 38.1 Å². The minimum Gasteiger partial charge on any atom is -0.473 e. The third-order valence-corrected chi connectivity index (χ3v) is 10.5. The van der Waals surface area contributed by atoms with Crippen molar-refractivity contribution in [3.05, 3.63) is 82.5 Å². The maximum Gasteiger partial charge on any atom is 0.410 e. The number of halogens is 2. The van der Waals surface area contributed by atoms with Crippen molar-refractivity contribution in [3.8, 4) is 5.88 Å². The first-order valence-corrected chi connectivity index (χ1v) is 19.0. The van der Waals surface area contributed by atoms with Crippen molar-refractivity contribution in [2.24, 2.45) is 5.92 Å². The Kier molecular flexibility index (Phi) is 11.2. The Morgan fingerprint density at radius 2 is 1.83 bits per heavy atom. The van der Waals surface area contributed by atoms with Crippen LogP contribution in [0.15, 0.2) is 54.6 Å². The fourth-order valence-corrected chi connectivity index (χ4v) is 7.42. The molecule has 0 bridgehead atoms. The lowest BCUT2D eigenvalue weighted by molar-refractivity contribution is -0.121. The van der Waals surface area contributed by atoms with E-state index < -0.39 is 11.4 Å². The van der Waals surface area contributed by atoms with Crippen LogP contribution in [-0.2, 0) is 34.0 Å². The standard InChI is InChI=1S/C40H48ClFN6O5/c1-40(2,3)53-39(50)47-16-5-6-27(22-47)38(49)43-30-11-12-35-34(21-30)44-36(48(35)23-31-15-19-51-31)24-46-17-13-26(14-18-46)33-7-4-8-37(45-33)52-25-28-9-10-29(41)20-32(28)42/h4,7-12,20-21,26-27,31H,5-6,13-19,22-25H2,1-3H3,(H,43,49). The number of imidazole rings is 1. The van der Waals surface area contributed by atoms with Gasteiger partial charge in [-0.1, -0.05) is 23.7 Å². The summed E-state index contributed by atoms with van der Waals surface area (Å²) < 4.78 is 33.7. The molecular weight excluding hydrogens is 699 g/mol. The number of hydrogen-bond acceptors (Lipinski definition) is 8. The highest BCUT2D eigenvalue weighted by Crippen LogP contribution is 2.31. The molecule has 3 fully saturated rings. The highest BCUT2D eigenvalue weighted by atomic mass is 35.5. The average Bonchev–Trinajstić information content (AvgIpc) is 3.44. The second-order valence-corrected chi connectivity index (χ2v) is 15.8. The van der Waals surface area contributed by atoms with E-state index in [-0.39, 0.29) is 36.5 Å². The SMILES string of the molecule is CC(C)(C)OC(=O)N1CCCC(C(=O)Nc2ccc3c(c2)nc(CN2CCC(c4cccc(OCc5ccc(Cl)cc5F)n4)CC2)n3CC2CCO2)C1. The number of carbonyl (C=O) groups excluding carboxylic acids is 2. The van der Waals surface area contributed by atoms with Gasteiger partial charge in [-0.15, -0.1) is 0 Å². The molecule has 0 spiro atoms. The van der Waals surface area contributed by atoms with Crippen LogP contribution in [0.3, 0.4) is 0 Å². The number of nitrogens with one attached hydrogen (secondary N) is 1.